The molecule has 2 heterocycles. The lowest BCUT2D eigenvalue weighted by Gasteiger charge is -2.13. The molecule has 1 aromatic heterocycles. The molecule has 3 rings (SSSR count). The molecule has 0 bridgehead atoms. The number of nitrogens with zero attached hydrogens (tertiary/aromatic N) is 1. The number of thioether (sulfide) groups is 1. The Kier molecular flexibility index (Phi) is 6.10. The summed E-state index contributed by atoms with van der Waals surface area (Å²) in [6.45, 7) is 4.99. The zero-order valence-corrected chi connectivity index (χ0v) is 17.9. The average Bonchev–Trinajstić information content (AvgIpc) is 3.15. The van der Waals surface area contributed by atoms with Gasteiger partial charge in [0.05, 0.1) is 11.0 Å². The second-order valence-corrected chi connectivity index (χ2v) is 8.34. The van der Waals surface area contributed by atoms with Gasteiger partial charge in [-0.2, -0.15) is 0 Å². The van der Waals surface area contributed by atoms with E-state index in [4.69, 9.17) is 9.15 Å². The lowest BCUT2D eigenvalue weighted by atomic mass is 10.1. The van der Waals surface area contributed by atoms with Gasteiger partial charge in [0, 0.05) is 16.1 Å². The molecule has 1 fully saturated rings. The summed E-state index contributed by atoms with van der Waals surface area (Å²) < 4.78 is 11.7. The van der Waals surface area contributed by atoms with Gasteiger partial charge in [-0.15, -0.1) is 0 Å². The zero-order valence-electron chi connectivity index (χ0n) is 15.5. The first-order valence-electron chi connectivity index (χ1n) is 8.56. The molecule has 0 radical (unpaired) electrons. The Bertz CT molecular complexity index is 979. The molecule has 1 aliphatic rings. The molecule has 146 valence electrons. The Morgan fingerprint density at radius 1 is 1.29 bits per heavy atom. The highest BCUT2D eigenvalue weighted by atomic mass is 79.9. The highest BCUT2D eigenvalue weighted by molar-refractivity contribution is 9.10. The molecular formula is C20H18BrNO5S. The van der Waals surface area contributed by atoms with Crippen LogP contribution in [0.2, 0.25) is 0 Å². The van der Waals surface area contributed by atoms with E-state index < -0.39 is 23.7 Å². The van der Waals surface area contributed by atoms with Crippen molar-refractivity contribution < 1.29 is 23.5 Å². The molecule has 0 aliphatic carbocycles. The first kappa shape index (κ1) is 20.4. The van der Waals surface area contributed by atoms with E-state index >= 15 is 0 Å². The van der Waals surface area contributed by atoms with Gasteiger partial charge in [-0.1, -0.05) is 22.0 Å². The van der Waals surface area contributed by atoms with Crippen molar-refractivity contribution in [1.29, 1.82) is 0 Å². The fourth-order valence-electron chi connectivity index (χ4n) is 2.59. The summed E-state index contributed by atoms with van der Waals surface area (Å²) in [6.07, 6.45) is 1.19. The van der Waals surface area contributed by atoms with Gasteiger partial charge in [0.25, 0.3) is 11.1 Å². The monoisotopic (exact) mass is 463 g/mol. The molecule has 28 heavy (non-hydrogen) atoms. The normalized spacial score (nSPS) is 15.8. The predicted molar refractivity (Wildman–Crippen MR) is 110 cm³/mol. The SMILES string of the molecule is Cc1ccc(-c2ccc(/C=C3\SC(=O)N(CC(=O)OC(C)C)C3=O)o2)c(Br)c1. The van der Waals surface area contributed by atoms with E-state index in [1.54, 1.807) is 26.0 Å². The second-order valence-electron chi connectivity index (χ2n) is 6.49. The standard InChI is InChI=1S/C20H18BrNO5S/c1-11(2)26-18(23)10-22-19(24)17(28-20(22)25)9-13-5-7-16(27-13)14-6-4-12(3)8-15(14)21/h4-9,11H,10H2,1-3H3/b17-9-. The maximum atomic E-state index is 12.5. The lowest BCUT2D eigenvalue weighted by molar-refractivity contribution is -0.149. The van der Waals surface area contributed by atoms with Crippen LogP contribution in [0.3, 0.4) is 0 Å². The van der Waals surface area contributed by atoms with Crippen LogP contribution < -0.4 is 0 Å². The Hall–Kier alpha value is -2.32. The number of hydrogen-bond acceptors (Lipinski definition) is 6. The number of halogens is 1. The third kappa shape index (κ3) is 4.56. The summed E-state index contributed by atoms with van der Waals surface area (Å²) in [5, 5.41) is -0.509. The van der Waals surface area contributed by atoms with Gasteiger partial charge >= 0.3 is 5.97 Å². The summed E-state index contributed by atoms with van der Waals surface area (Å²) in [6, 6.07) is 9.42. The topological polar surface area (TPSA) is 76.8 Å². The molecule has 1 aromatic carbocycles. The van der Waals surface area contributed by atoms with Crippen molar-refractivity contribution in [3.8, 4) is 11.3 Å². The number of esters is 1. The van der Waals surface area contributed by atoms with Gasteiger partial charge < -0.3 is 9.15 Å². The van der Waals surface area contributed by atoms with Crippen LogP contribution in [-0.2, 0) is 14.3 Å². The number of benzene rings is 1. The van der Waals surface area contributed by atoms with Crippen LogP contribution in [0.4, 0.5) is 4.79 Å². The van der Waals surface area contributed by atoms with E-state index in [9.17, 15) is 14.4 Å². The average molecular weight is 464 g/mol. The van der Waals surface area contributed by atoms with Gasteiger partial charge in [0.1, 0.15) is 18.1 Å². The van der Waals surface area contributed by atoms with Crippen molar-refractivity contribution in [2.24, 2.45) is 0 Å². The van der Waals surface area contributed by atoms with E-state index in [0.29, 0.717) is 11.5 Å². The van der Waals surface area contributed by atoms with Crippen molar-refractivity contribution in [3.05, 3.63) is 51.0 Å². The number of ether oxygens (including phenoxy) is 1. The molecule has 0 saturated carbocycles. The molecule has 8 heteroatoms. The van der Waals surface area contributed by atoms with Gasteiger partial charge in [-0.05, 0) is 62.4 Å². The Morgan fingerprint density at radius 2 is 2.04 bits per heavy atom. The maximum Gasteiger partial charge on any atom is 0.326 e. The van der Waals surface area contributed by atoms with E-state index in [-0.39, 0.29) is 11.0 Å². The van der Waals surface area contributed by atoms with Gasteiger partial charge in [-0.3, -0.25) is 19.3 Å². The van der Waals surface area contributed by atoms with Gasteiger partial charge in [0.2, 0.25) is 0 Å². The van der Waals surface area contributed by atoms with Crippen LogP contribution in [0, 0.1) is 6.92 Å². The highest BCUT2D eigenvalue weighted by Crippen LogP contribution is 2.34. The largest absolute Gasteiger partial charge is 0.462 e. The second kappa shape index (κ2) is 8.36. The number of rotatable bonds is 5. The molecule has 2 amide bonds. The van der Waals surface area contributed by atoms with E-state index in [1.807, 2.05) is 25.1 Å². The fraction of sp³-hybridized carbons (Fsp3) is 0.250. The molecule has 0 spiro atoms. The number of aryl methyl sites for hydroxylation is 1. The minimum atomic E-state index is -0.622. The van der Waals surface area contributed by atoms with Crippen LogP contribution in [-0.4, -0.2) is 34.7 Å². The molecular weight excluding hydrogens is 446 g/mol. The molecule has 0 atom stereocenters. The quantitative estimate of drug-likeness (QED) is 0.458. The third-order valence-corrected chi connectivity index (χ3v) is 5.38. The number of hydrogen-bond donors (Lipinski definition) is 0. The number of carbonyl (C=O) groups excluding carboxylic acids is 3. The Labute approximate surface area is 175 Å². The molecule has 0 unspecified atom stereocenters. The maximum absolute atomic E-state index is 12.5. The van der Waals surface area contributed by atoms with Crippen molar-refractivity contribution in [1.82, 2.24) is 4.90 Å². The molecule has 2 aromatic rings. The van der Waals surface area contributed by atoms with Gasteiger partial charge in [-0.25, -0.2) is 0 Å². The van der Waals surface area contributed by atoms with E-state index in [1.165, 1.54) is 6.08 Å². The first-order valence-corrected chi connectivity index (χ1v) is 10.2. The molecule has 6 nitrogen and oxygen atoms in total. The van der Waals surface area contributed by atoms with Crippen molar-refractivity contribution in [2.45, 2.75) is 26.9 Å². The molecule has 1 saturated heterocycles. The van der Waals surface area contributed by atoms with Crippen molar-refractivity contribution >= 4 is 50.9 Å². The number of imide groups is 1. The lowest BCUT2D eigenvalue weighted by Crippen LogP contribution is -2.35. The van der Waals surface area contributed by atoms with Crippen LogP contribution in [0.5, 0.6) is 0 Å². The fourth-order valence-corrected chi connectivity index (χ4v) is 4.10. The first-order chi connectivity index (χ1) is 13.2. The van der Waals surface area contributed by atoms with Crippen LogP contribution in [0.25, 0.3) is 17.4 Å². The van der Waals surface area contributed by atoms with E-state index in [0.717, 1.165) is 32.3 Å². The summed E-state index contributed by atoms with van der Waals surface area (Å²) in [7, 11) is 0. The minimum absolute atomic E-state index is 0.200. The van der Waals surface area contributed by atoms with Crippen molar-refractivity contribution in [2.75, 3.05) is 6.54 Å². The van der Waals surface area contributed by atoms with Gasteiger partial charge in [0.15, 0.2) is 0 Å². The predicted octanol–water partition coefficient (Wildman–Crippen LogP) is 5.01. The van der Waals surface area contributed by atoms with Crippen LogP contribution in [0.15, 0.2) is 44.1 Å². The summed E-state index contributed by atoms with van der Waals surface area (Å²) in [5.41, 5.74) is 2.00. The minimum Gasteiger partial charge on any atom is -0.462 e. The van der Waals surface area contributed by atoms with Crippen molar-refractivity contribution in [3.63, 3.8) is 0 Å². The molecule has 0 N–H and O–H groups in total. The van der Waals surface area contributed by atoms with Crippen LogP contribution >= 0.6 is 27.7 Å². The van der Waals surface area contributed by atoms with Crippen LogP contribution in [0.1, 0.15) is 25.2 Å². The van der Waals surface area contributed by atoms with E-state index in [2.05, 4.69) is 15.9 Å². The summed E-state index contributed by atoms with van der Waals surface area (Å²) in [4.78, 5) is 37.4. The number of amides is 2. The zero-order chi connectivity index (χ0) is 20.4. The number of carbonyl (C=O) groups is 3. The molecule has 1 aliphatic heterocycles. The Morgan fingerprint density at radius 3 is 2.71 bits per heavy atom. The number of furan rings is 1. The smallest absolute Gasteiger partial charge is 0.326 e. The summed E-state index contributed by atoms with van der Waals surface area (Å²) in [5.74, 6) is -0.0798. The third-order valence-electron chi connectivity index (χ3n) is 3.82. The highest BCUT2D eigenvalue weighted by Gasteiger charge is 2.37. The summed E-state index contributed by atoms with van der Waals surface area (Å²) >= 11 is 4.29. The Balaban J connectivity index is 1.77.